The molecule has 0 unspecified atom stereocenters. The fraction of sp³-hybridized carbons (Fsp3) is 0.955. The number of nitrogens with zero attached hydrogens (tertiary/aromatic N) is 4. The zero-order valence-electron chi connectivity index (χ0n) is 35.2. The first-order valence-corrected chi connectivity index (χ1v) is 22.9. The van der Waals surface area contributed by atoms with E-state index in [2.05, 4.69) is 41.5 Å². The normalized spacial score (nSPS) is 37.7. The molecule has 4 aliphatic carbocycles. The molecule has 0 radical (unpaired) electrons. The molecule has 0 aromatic heterocycles. The second-order valence-corrected chi connectivity index (χ2v) is 18.3. The van der Waals surface area contributed by atoms with Crippen molar-refractivity contribution in [3.63, 3.8) is 0 Å². The van der Waals surface area contributed by atoms with Gasteiger partial charge in [0.05, 0.1) is 24.4 Å². The third-order valence-corrected chi connectivity index (χ3v) is 15.5. The molecule has 2 heterocycles. The highest BCUT2D eigenvalue weighted by atomic mass is 16.5. The van der Waals surface area contributed by atoms with Gasteiger partial charge in [0.1, 0.15) is 26.9 Å². The molecule has 0 bridgehead atoms. The minimum absolute atomic E-state index is 0.108. The van der Waals surface area contributed by atoms with E-state index in [1.54, 1.807) is 0 Å². The molecule has 6 aliphatic rings. The number of amides is 4. The lowest BCUT2D eigenvalue weighted by molar-refractivity contribution is -0.160. The van der Waals surface area contributed by atoms with Crippen molar-refractivity contribution in [2.45, 2.75) is 219 Å². The summed E-state index contributed by atoms with van der Waals surface area (Å²) in [4.78, 5) is 37.8. The molecule has 10 heteroatoms. The summed E-state index contributed by atoms with van der Waals surface area (Å²) >= 11 is 0. The van der Waals surface area contributed by atoms with Crippen molar-refractivity contribution in [2.75, 3.05) is 26.9 Å². The Labute approximate surface area is 328 Å². The number of carbonyl (C=O) groups is 2. The Balaban J connectivity index is 1.30. The summed E-state index contributed by atoms with van der Waals surface area (Å²) < 4.78 is 26.9. The van der Waals surface area contributed by atoms with Crippen LogP contribution in [0.4, 0.5) is 9.59 Å². The predicted molar refractivity (Wildman–Crippen MR) is 212 cm³/mol. The van der Waals surface area contributed by atoms with E-state index in [0.717, 1.165) is 133 Å². The van der Waals surface area contributed by atoms with Gasteiger partial charge in [-0.25, -0.2) is 9.59 Å². The quantitative estimate of drug-likeness (QED) is 0.138. The molecule has 310 valence electrons. The highest BCUT2D eigenvalue weighted by molar-refractivity contribution is 5.88. The second-order valence-electron chi connectivity index (χ2n) is 18.3. The molecular formula is C44H78N4O6. The molecule has 2 aliphatic heterocycles. The maximum atomic E-state index is 15.1. The zero-order chi connectivity index (χ0) is 38.3. The molecule has 4 saturated carbocycles. The van der Waals surface area contributed by atoms with Crippen molar-refractivity contribution in [2.24, 2.45) is 23.7 Å². The van der Waals surface area contributed by atoms with Crippen molar-refractivity contribution < 1.29 is 28.5 Å². The van der Waals surface area contributed by atoms with E-state index in [1.165, 1.54) is 25.7 Å². The lowest BCUT2D eigenvalue weighted by Crippen LogP contribution is -2.67. The van der Waals surface area contributed by atoms with Gasteiger partial charge in [0.25, 0.3) is 0 Å². The number of ether oxygens (including phenoxy) is 4. The van der Waals surface area contributed by atoms with Crippen molar-refractivity contribution in [3.8, 4) is 0 Å². The van der Waals surface area contributed by atoms with Crippen LogP contribution in [0.3, 0.4) is 0 Å². The third kappa shape index (κ3) is 8.62. The number of hydrogen-bond donors (Lipinski definition) is 0. The maximum Gasteiger partial charge on any atom is 0.327 e. The Morgan fingerprint density at radius 3 is 0.944 bits per heavy atom. The van der Waals surface area contributed by atoms with Gasteiger partial charge in [0.2, 0.25) is 0 Å². The average molecular weight is 759 g/mol. The third-order valence-electron chi connectivity index (χ3n) is 15.5. The summed E-state index contributed by atoms with van der Waals surface area (Å²) in [7, 11) is 0. The Morgan fingerprint density at radius 2 is 0.704 bits per heavy atom. The molecule has 6 rings (SSSR count). The van der Waals surface area contributed by atoms with Gasteiger partial charge in [-0.15, -0.1) is 0 Å². The molecule has 2 saturated heterocycles. The van der Waals surface area contributed by atoms with E-state index >= 15 is 9.59 Å². The zero-order valence-corrected chi connectivity index (χ0v) is 35.2. The molecule has 0 atom stereocenters. The van der Waals surface area contributed by atoms with E-state index in [1.807, 2.05) is 19.6 Å². The minimum Gasteiger partial charge on any atom is -0.358 e. The van der Waals surface area contributed by atoms with Gasteiger partial charge in [0.15, 0.2) is 11.3 Å². The summed E-state index contributed by atoms with van der Waals surface area (Å²) in [6.45, 7) is 14.0. The standard InChI is InChI=1S/C44H78N4O6/c1-7-28-44-43(6,45(29-51-37-20-12-33(8-2)13-21-37)41(49)47(44)31-53-39-24-16-35(10-4)17-25-39)46(30-52-38-22-14-34(9-3)15-23-38)42(50)48(44)32-54-40-26-18-36(11-5)19-27-40/h33-40H,7-32H2,1-6H3. The van der Waals surface area contributed by atoms with Crippen molar-refractivity contribution in [1.82, 2.24) is 19.6 Å². The van der Waals surface area contributed by atoms with Gasteiger partial charge in [-0.1, -0.05) is 66.7 Å². The molecule has 0 spiro atoms. The summed E-state index contributed by atoms with van der Waals surface area (Å²) in [5, 5.41) is 0. The lowest BCUT2D eigenvalue weighted by atomic mass is 9.86. The van der Waals surface area contributed by atoms with E-state index in [0.29, 0.717) is 6.42 Å². The summed E-state index contributed by atoms with van der Waals surface area (Å²) in [6, 6.07) is -0.241. The summed E-state index contributed by atoms with van der Waals surface area (Å²) in [5.41, 5.74) is -2.06. The van der Waals surface area contributed by atoms with Crippen LogP contribution in [0.1, 0.15) is 183 Å². The van der Waals surface area contributed by atoms with Crippen LogP contribution in [0.2, 0.25) is 0 Å². The molecule has 4 amide bonds. The second kappa shape index (κ2) is 19.2. The largest absolute Gasteiger partial charge is 0.358 e. The molecule has 0 aromatic carbocycles. The van der Waals surface area contributed by atoms with Crippen LogP contribution >= 0.6 is 0 Å². The topological polar surface area (TPSA) is 84.0 Å². The van der Waals surface area contributed by atoms with Gasteiger partial charge in [0, 0.05) is 0 Å². The Morgan fingerprint density at radius 1 is 0.444 bits per heavy atom. The highest BCUT2D eigenvalue weighted by Gasteiger charge is 2.76. The number of hydrogen-bond acceptors (Lipinski definition) is 6. The molecule has 54 heavy (non-hydrogen) atoms. The first-order chi connectivity index (χ1) is 26.2. The van der Waals surface area contributed by atoms with Crippen LogP contribution in [0.25, 0.3) is 0 Å². The van der Waals surface area contributed by atoms with Crippen LogP contribution in [0.15, 0.2) is 0 Å². The fourth-order valence-corrected chi connectivity index (χ4v) is 11.3. The number of carbonyl (C=O) groups excluding carboxylic acids is 2. The molecule has 10 nitrogen and oxygen atoms in total. The predicted octanol–water partition coefficient (Wildman–Crippen LogP) is 10.4. The van der Waals surface area contributed by atoms with Gasteiger partial charge in [-0.3, -0.25) is 19.6 Å². The van der Waals surface area contributed by atoms with Gasteiger partial charge in [-0.05, 0) is 140 Å². The van der Waals surface area contributed by atoms with Gasteiger partial charge in [-0.2, -0.15) is 0 Å². The number of urea groups is 2. The Kier molecular flexibility index (Phi) is 14.9. The smallest absolute Gasteiger partial charge is 0.327 e. The molecule has 6 fully saturated rings. The molecular weight excluding hydrogens is 681 g/mol. The first kappa shape index (κ1) is 42.0. The van der Waals surface area contributed by atoms with Crippen molar-refractivity contribution in [1.29, 1.82) is 0 Å². The summed E-state index contributed by atoms with van der Waals surface area (Å²) in [6.07, 6.45) is 24.1. The Bertz CT molecular complexity index is 1090. The fourth-order valence-electron chi connectivity index (χ4n) is 11.3. The maximum absolute atomic E-state index is 15.1. The summed E-state index contributed by atoms with van der Waals surface area (Å²) in [5.74, 6) is 3.02. The SMILES string of the molecule is CCCC12N(COC3CCC(CC)CC3)C(=O)N(COC3CCC(CC)CC3)C1(C)N(COC1CCC(CC)CC1)C(=O)N2COC1CCC(CC)CC1. The van der Waals surface area contributed by atoms with E-state index < -0.39 is 11.3 Å². The number of fused-ring (bicyclic) bond motifs is 1. The van der Waals surface area contributed by atoms with Crippen LogP contribution in [-0.4, -0.2) is 94.3 Å². The van der Waals surface area contributed by atoms with Crippen LogP contribution in [-0.2, 0) is 18.9 Å². The molecule has 0 N–H and O–H groups in total. The average Bonchev–Trinajstić information content (AvgIpc) is 3.49. The van der Waals surface area contributed by atoms with Gasteiger partial charge < -0.3 is 18.9 Å². The lowest BCUT2D eigenvalue weighted by Gasteiger charge is -2.48. The van der Waals surface area contributed by atoms with Crippen molar-refractivity contribution >= 4 is 12.1 Å². The highest BCUT2D eigenvalue weighted by Crippen LogP contribution is 2.54. The van der Waals surface area contributed by atoms with Crippen molar-refractivity contribution in [3.05, 3.63) is 0 Å². The van der Waals surface area contributed by atoms with E-state index in [9.17, 15) is 0 Å². The van der Waals surface area contributed by atoms with E-state index in [4.69, 9.17) is 18.9 Å². The van der Waals surface area contributed by atoms with Crippen LogP contribution < -0.4 is 0 Å². The Hall–Kier alpha value is -1.62. The molecule has 0 aromatic rings. The van der Waals surface area contributed by atoms with Crippen LogP contribution in [0, 0.1) is 23.7 Å². The monoisotopic (exact) mass is 759 g/mol. The minimum atomic E-state index is -1.05. The van der Waals surface area contributed by atoms with Gasteiger partial charge >= 0.3 is 12.1 Å². The number of rotatable bonds is 18. The van der Waals surface area contributed by atoms with E-state index in [-0.39, 0.29) is 63.4 Å². The first-order valence-electron chi connectivity index (χ1n) is 22.9. The van der Waals surface area contributed by atoms with Crippen LogP contribution in [0.5, 0.6) is 0 Å².